The molecule has 0 atom stereocenters. The zero-order valence-electron chi connectivity index (χ0n) is 8.96. The number of nitrogens with two attached hydrogens (primary N) is 1. The van der Waals surface area contributed by atoms with E-state index in [2.05, 4.69) is 32.7 Å². The number of rotatable bonds is 1. The maximum Gasteiger partial charge on any atom is 0.171 e. The Morgan fingerprint density at radius 1 is 1.50 bits per heavy atom. The van der Waals surface area contributed by atoms with Gasteiger partial charge in [0.25, 0.3) is 0 Å². The minimum Gasteiger partial charge on any atom is -0.382 e. The molecule has 0 unspecified atom stereocenters. The molecular formula is C11H6IN5S. The molecule has 0 spiro atoms. The highest BCUT2D eigenvalue weighted by Crippen LogP contribution is 2.31. The number of halogens is 1. The van der Waals surface area contributed by atoms with Crippen LogP contribution in [0.5, 0.6) is 0 Å². The van der Waals surface area contributed by atoms with Gasteiger partial charge in [0.15, 0.2) is 5.65 Å². The molecule has 3 aromatic rings. The zero-order chi connectivity index (χ0) is 12.7. The van der Waals surface area contributed by atoms with Gasteiger partial charge in [-0.2, -0.15) is 14.9 Å². The molecule has 0 aliphatic heterocycles. The second-order valence-electron chi connectivity index (χ2n) is 3.54. The van der Waals surface area contributed by atoms with Gasteiger partial charge in [0.05, 0.1) is 14.6 Å². The van der Waals surface area contributed by atoms with Crippen LogP contribution < -0.4 is 5.73 Å². The Hall–Kier alpha value is -1.66. The summed E-state index contributed by atoms with van der Waals surface area (Å²) in [5.41, 5.74) is 7.76. The largest absolute Gasteiger partial charge is 0.382 e. The van der Waals surface area contributed by atoms with Crippen molar-refractivity contribution in [3.63, 3.8) is 0 Å². The van der Waals surface area contributed by atoms with Crippen molar-refractivity contribution in [2.75, 3.05) is 5.73 Å². The lowest BCUT2D eigenvalue weighted by Gasteiger charge is -1.99. The van der Waals surface area contributed by atoms with Crippen molar-refractivity contribution in [1.29, 1.82) is 5.26 Å². The number of nitrogens with zero attached hydrogens (tertiary/aromatic N) is 4. The lowest BCUT2D eigenvalue weighted by molar-refractivity contribution is 0.953. The molecule has 0 bridgehead atoms. The maximum atomic E-state index is 8.93. The molecule has 0 saturated carbocycles. The summed E-state index contributed by atoms with van der Waals surface area (Å²) in [7, 11) is 0. The lowest BCUT2D eigenvalue weighted by atomic mass is 10.3. The first-order chi connectivity index (χ1) is 8.72. The Bertz CT molecular complexity index is 769. The van der Waals surface area contributed by atoms with Gasteiger partial charge in [0.1, 0.15) is 23.1 Å². The fourth-order valence-electron chi connectivity index (χ4n) is 1.63. The van der Waals surface area contributed by atoms with Crippen LogP contribution in [0.3, 0.4) is 0 Å². The van der Waals surface area contributed by atoms with E-state index in [9.17, 15) is 0 Å². The summed E-state index contributed by atoms with van der Waals surface area (Å²) in [6.45, 7) is 0. The highest BCUT2D eigenvalue weighted by molar-refractivity contribution is 14.1. The highest BCUT2D eigenvalue weighted by Gasteiger charge is 2.16. The van der Waals surface area contributed by atoms with Crippen LogP contribution >= 0.6 is 33.9 Å². The number of nitrogen functional groups attached to an aromatic ring is 1. The van der Waals surface area contributed by atoms with E-state index in [4.69, 9.17) is 11.0 Å². The second kappa shape index (κ2) is 4.22. The molecule has 0 radical (unpaired) electrons. The summed E-state index contributed by atoms with van der Waals surface area (Å²) in [4.78, 5) is 5.30. The number of fused-ring (bicyclic) bond motifs is 1. The van der Waals surface area contributed by atoms with E-state index < -0.39 is 0 Å². The lowest BCUT2D eigenvalue weighted by Crippen LogP contribution is -2.03. The molecule has 88 valence electrons. The normalized spacial score (nSPS) is 10.7. The summed E-state index contributed by atoms with van der Waals surface area (Å²) in [5.74, 6) is 0.322. The Morgan fingerprint density at radius 2 is 2.33 bits per heavy atom. The molecule has 3 aromatic heterocycles. The van der Waals surface area contributed by atoms with Gasteiger partial charge in [-0.05, 0) is 34.0 Å². The van der Waals surface area contributed by atoms with Crippen LogP contribution in [-0.4, -0.2) is 14.6 Å². The van der Waals surface area contributed by atoms with E-state index in [1.807, 2.05) is 23.6 Å². The fourth-order valence-corrected chi connectivity index (χ4v) is 3.30. The quantitative estimate of drug-likeness (QED) is 0.671. The monoisotopic (exact) mass is 367 g/mol. The zero-order valence-corrected chi connectivity index (χ0v) is 11.9. The fraction of sp³-hybridized carbons (Fsp3) is 0. The van der Waals surface area contributed by atoms with E-state index in [0.29, 0.717) is 17.0 Å². The Morgan fingerprint density at radius 3 is 3.00 bits per heavy atom. The summed E-state index contributed by atoms with van der Waals surface area (Å²) >= 11 is 3.80. The van der Waals surface area contributed by atoms with E-state index in [1.54, 1.807) is 11.3 Å². The van der Waals surface area contributed by atoms with Crippen molar-refractivity contribution in [2.45, 2.75) is 0 Å². The highest BCUT2D eigenvalue weighted by atomic mass is 127. The van der Waals surface area contributed by atoms with Crippen LogP contribution in [0.1, 0.15) is 5.56 Å². The molecule has 0 amide bonds. The van der Waals surface area contributed by atoms with Crippen molar-refractivity contribution in [3.8, 4) is 16.6 Å². The summed E-state index contributed by atoms with van der Waals surface area (Å²) in [6.07, 6.45) is 1.48. The van der Waals surface area contributed by atoms with Gasteiger partial charge in [0.2, 0.25) is 0 Å². The molecule has 0 aliphatic rings. The van der Waals surface area contributed by atoms with Crippen LogP contribution in [0, 0.1) is 14.9 Å². The Labute approximate surface area is 120 Å². The molecule has 0 fully saturated rings. The van der Waals surface area contributed by atoms with Gasteiger partial charge in [-0.1, -0.05) is 6.07 Å². The van der Waals surface area contributed by atoms with Crippen LogP contribution in [0.4, 0.5) is 5.82 Å². The number of anilines is 1. The first-order valence-electron chi connectivity index (χ1n) is 4.99. The van der Waals surface area contributed by atoms with E-state index in [0.717, 1.165) is 14.1 Å². The van der Waals surface area contributed by atoms with Crippen molar-refractivity contribution in [3.05, 3.63) is 32.8 Å². The molecule has 5 nitrogen and oxygen atoms in total. The number of hydrogen-bond acceptors (Lipinski definition) is 5. The summed E-state index contributed by atoms with van der Waals surface area (Å²) < 4.78 is 2.46. The third kappa shape index (κ3) is 1.57. The molecule has 0 saturated heterocycles. The smallest absolute Gasteiger partial charge is 0.171 e. The average molecular weight is 367 g/mol. The van der Waals surface area contributed by atoms with Gasteiger partial charge in [-0.25, -0.2) is 4.98 Å². The van der Waals surface area contributed by atoms with Gasteiger partial charge in [-0.15, -0.1) is 11.3 Å². The standard InChI is InChI=1S/C11H6IN5S/c12-8-9(7-2-1-3-18-7)16-17-10(14)6(4-13)5-15-11(8)17/h1-3,5H,14H2. The molecule has 2 N–H and O–H groups in total. The van der Waals surface area contributed by atoms with Gasteiger partial charge in [0, 0.05) is 0 Å². The van der Waals surface area contributed by atoms with E-state index in [-0.39, 0.29) is 0 Å². The molecule has 18 heavy (non-hydrogen) atoms. The van der Waals surface area contributed by atoms with Crippen LogP contribution in [-0.2, 0) is 0 Å². The number of thiophene rings is 1. The Balaban J connectivity index is 2.36. The predicted octanol–water partition coefficient (Wildman–Crippen LogP) is 2.52. The number of aromatic nitrogens is 3. The first kappa shape index (κ1) is 11.4. The van der Waals surface area contributed by atoms with Crippen LogP contribution in [0.25, 0.3) is 16.2 Å². The Kier molecular flexibility index (Phi) is 2.68. The minimum absolute atomic E-state index is 0.322. The van der Waals surface area contributed by atoms with Crippen molar-refractivity contribution >= 4 is 45.4 Å². The van der Waals surface area contributed by atoms with Crippen molar-refractivity contribution < 1.29 is 0 Å². The molecule has 3 rings (SSSR count). The molecule has 0 aliphatic carbocycles. The van der Waals surface area contributed by atoms with Gasteiger partial charge >= 0.3 is 0 Å². The molecule has 0 aromatic carbocycles. The minimum atomic E-state index is 0.322. The van der Waals surface area contributed by atoms with Crippen molar-refractivity contribution in [2.24, 2.45) is 0 Å². The summed E-state index contributed by atoms with van der Waals surface area (Å²) in [6, 6.07) is 5.97. The predicted molar refractivity (Wildman–Crippen MR) is 78.1 cm³/mol. The van der Waals surface area contributed by atoms with E-state index in [1.165, 1.54) is 10.7 Å². The topological polar surface area (TPSA) is 80.0 Å². The SMILES string of the molecule is N#Cc1cnc2c(I)c(-c3cccs3)nn2c1N. The van der Waals surface area contributed by atoms with E-state index >= 15 is 0 Å². The number of nitriles is 1. The second-order valence-corrected chi connectivity index (χ2v) is 5.57. The van der Waals surface area contributed by atoms with Crippen LogP contribution in [0.2, 0.25) is 0 Å². The molecule has 3 heterocycles. The third-order valence-corrected chi connectivity index (χ3v) is 4.37. The molecular weight excluding hydrogens is 361 g/mol. The first-order valence-corrected chi connectivity index (χ1v) is 6.95. The van der Waals surface area contributed by atoms with Gasteiger partial charge in [-0.3, -0.25) is 0 Å². The third-order valence-electron chi connectivity index (χ3n) is 2.50. The van der Waals surface area contributed by atoms with Gasteiger partial charge < -0.3 is 5.73 Å². The van der Waals surface area contributed by atoms with Crippen molar-refractivity contribution in [1.82, 2.24) is 14.6 Å². The summed E-state index contributed by atoms with van der Waals surface area (Å²) in [5, 5.41) is 15.4. The molecule has 7 heteroatoms. The maximum absolute atomic E-state index is 8.93. The van der Waals surface area contributed by atoms with Crippen LogP contribution in [0.15, 0.2) is 23.7 Å². The number of hydrogen-bond donors (Lipinski definition) is 1. The average Bonchev–Trinajstić information content (AvgIpc) is 2.99.